The summed E-state index contributed by atoms with van der Waals surface area (Å²) in [5.74, 6) is -0.791. The van der Waals surface area contributed by atoms with Crippen molar-refractivity contribution in [2.24, 2.45) is 0 Å². The third-order valence-electron chi connectivity index (χ3n) is 3.57. The van der Waals surface area contributed by atoms with Gasteiger partial charge in [0.05, 0.1) is 5.02 Å². The molecule has 0 heterocycles. The predicted molar refractivity (Wildman–Crippen MR) is 83.5 cm³/mol. The van der Waals surface area contributed by atoms with Gasteiger partial charge in [-0.1, -0.05) is 48.0 Å². The van der Waals surface area contributed by atoms with Gasteiger partial charge in [-0.25, -0.2) is 4.39 Å². The SMILES string of the molecule is Cc1ccc(C(=O)c2ccc(Cl)c(F)c2)c2ccccc12. The first-order valence-corrected chi connectivity index (χ1v) is 6.94. The molecule has 21 heavy (non-hydrogen) atoms. The van der Waals surface area contributed by atoms with E-state index in [9.17, 15) is 9.18 Å². The smallest absolute Gasteiger partial charge is 0.193 e. The van der Waals surface area contributed by atoms with Crippen LogP contribution in [0.2, 0.25) is 5.02 Å². The van der Waals surface area contributed by atoms with Crippen molar-refractivity contribution < 1.29 is 9.18 Å². The van der Waals surface area contributed by atoms with Gasteiger partial charge in [-0.05, 0) is 41.5 Å². The highest BCUT2D eigenvalue weighted by Crippen LogP contribution is 2.25. The van der Waals surface area contributed by atoms with Crippen LogP contribution in [0.4, 0.5) is 4.39 Å². The monoisotopic (exact) mass is 298 g/mol. The van der Waals surface area contributed by atoms with E-state index >= 15 is 0 Å². The number of benzene rings is 3. The zero-order valence-electron chi connectivity index (χ0n) is 11.4. The molecule has 0 fully saturated rings. The van der Waals surface area contributed by atoms with Crippen molar-refractivity contribution in [1.29, 1.82) is 0 Å². The normalized spacial score (nSPS) is 10.8. The van der Waals surface area contributed by atoms with Crippen molar-refractivity contribution in [3.05, 3.63) is 82.1 Å². The Balaban J connectivity index is 2.18. The number of aryl methyl sites for hydroxylation is 1. The Kier molecular flexibility index (Phi) is 3.48. The molecule has 0 atom stereocenters. The lowest BCUT2D eigenvalue weighted by Crippen LogP contribution is -2.03. The molecule has 0 aliphatic carbocycles. The maximum absolute atomic E-state index is 13.5. The molecule has 0 unspecified atom stereocenters. The number of hydrogen-bond donors (Lipinski definition) is 0. The van der Waals surface area contributed by atoms with Gasteiger partial charge in [0, 0.05) is 11.1 Å². The van der Waals surface area contributed by atoms with Crippen LogP contribution in [0.3, 0.4) is 0 Å². The molecule has 0 amide bonds. The lowest BCUT2D eigenvalue weighted by molar-refractivity contribution is 0.104. The Bertz CT molecular complexity index is 855. The number of carbonyl (C=O) groups is 1. The highest BCUT2D eigenvalue weighted by molar-refractivity contribution is 6.31. The van der Waals surface area contributed by atoms with Crippen LogP contribution in [0.15, 0.2) is 54.6 Å². The van der Waals surface area contributed by atoms with Gasteiger partial charge >= 0.3 is 0 Å². The molecular formula is C18H12ClFO. The van der Waals surface area contributed by atoms with Crippen LogP contribution in [0.1, 0.15) is 21.5 Å². The molecule has 104 valence electrons. The third kappa shape index (κ3) is 2.43. The first-order chi connectivity index (χ1) is 10.1. The molecule has 3 rings (SSSR count). The lowest BCUT2D eigenvalue weighted by Gasteiger charge is -2.08. The molecule has 0 saturated carbocycles. The van der Waals surface area contributed by atoms with E-state index in [1.807, 2.05) is 37.3 Å². The average Bonchev–Trinajstić information content (AvgIpc) is 2.50. The number of halogens is 2. The van der Waals surface area contributed by atoms with E-state index in [1.54, 1.807) is 12.1 Å². The Morgan fingerprint density at radius 3 is 2.43 bits per heavy atom. The number of fused-ring (bicyclic) bond motifs is 1. The van der Waals surface area contributed by atoms with Gasteiger partial charge < -0.3 is 0 Å². The molecule has 0 aliphatic heterocycles. The van der Waals surface area contributed by atoms with Crippen LogP contribution < -0.4 is 0 Å². The first kappa shape index (κ1) is 13.8. The Morgan fingerprint density at radius 2 is 1.71 bits per heavy atom. The van der Waals surface area contributed by atoms with Gasteiger partial charge in [0.2, 0.25) is 0 Å². The third-order valence-corrected chi connectivity index (χ3v) is 3.88. The molecule has 3 aromatic carbocycles. The molecule has 0 spiro atoms. The Morgan fingerprint density at radius 1 is 1.00 bits per heavy atom. The summed E-state index contributed by atoms with van der Waals surface area (Å²) in [6, 6.07) is 15.5. The number of ketones is 1. The summed E-state index contributed by atoms with van der Waals surface area (Å²) in [5, 5.41) is 1.91. The van der Waals surface area contributed by atoms with Gasteiger partial charge in [0.25, 0.3) is 0 Å². The predicted octanol–water partition coefficient (Wildman–Crippen LogP) is 5.17. The van der Waals surface area contributed by atoms with Crippen molar-refractivity contribution in [3.63, 3.8) is 0 Å². The fourth-order valence-corrected chi connectivity index (χ4v) is 2.56. The van der Waals surface area contributed by atoms with Crippen molar-refractivity contribution in [1.82, 2.24) is 0 Å². The van der Waals surface area contributed by atoms with Gasteiger partial charge in [0.15, 0.2) is 5.78 Å². The molecule has 3 aromatic rings. The summed E-state index contributed by atoms with van der Waals surface area (Å²) < 4.78 is 13.5. The minimum Gasteiger partial charge on any atom is -0.289 e. The highest BCUT2D eigenvalue weighted by atomic mass is 35.5. The molecular weight excluding hydrogens is 287 g/mol. The van der Waals surface area contributed by atoms with Crippen molar-refractivity contribution in [3.8, 4) is 0 Å². The van der Waals surface area contributed by atoms with E-state index in [1.165, 1.54) is 12.1 Å². The zero-order chi connectivity index (χ0) is 15.0. The Hall–Kier alpha value is -2.19. The summed E-state index contributed by atoms with van der Waals surface area (Å²) >= 11 is 5.66. The fraction of sp³-hybridized carbons (Fsp3) is 0.0556. The zero-order valence-corrected chi connectivity index (χ0v) is 12.1. The Labute approximate surface area is 127 Å². The molecule has 3 heteroatoms. The second-order valence-corrected chi connectivity index (χ2v) is 5.34. The van der Waals surface area contributed by atoms with Gasteiger partial charge in [-0.15, -0.1) is 0 Å². The summed E-state index contributed by atoms with van der Waals surface area (Å²) in [6.45, 7) is 2.00. The van der Waals surface area contributed by atoms with Gasteiger partial charge in [0.1, 0.15) is 5.82 Å². The van der Waals surface area contributed by atoms with Crippen LogP contribution >= 0.6 is 11.6 Å². The molecule has 0 aromatic heterocycles. The minimum atomic E-state index is -0.584. The minimum absolute atomic E-state index is 0.0142. The van der Waals surface area contributed by atoms with E-state index in [0.29, 0.717) is 11.1 Å². The topological polar surface area (TPSA) is 17.1 Å². The van der Waals surface area contributed by atoms with Crippen LogP contribution in [0, 0.1) is 12.7 Å². The standard InChI is InChI=1S/C18H12ClFO/c1-11-6-8-15(14-5-3-2-4-13(11)14)18(21)12-7-9-16(19)17(20)10-12/h2-10H,1H3. The van der Waals surface area contributed by atoms with E-state index in [0.717, 1.165) is 16.3 Å². The molecule has 0 saturated heterocycles. The fourth-order valence-electron chi connectivity index (χ4n) is 2.44. The largest absolute Gasteiger partial charge is 0.289 e. The van der Waals surface area contributed by atoms with Crippen LogP contribution in [0.5, 0.6) is 0 Å². The van der Waals surface area contributed by atoms with Crippen molar-refractivity contribution >= 4 is 28.2 Å². The highest BCUT2D eigenvalue weighted by Gasteiger charge is 2.14. The molecule has 0 N–H and O–H groups in total. The van der Waals surface area contributed by atoms with E-state index < -0.39 is 5.82 Å². The molecule has 1 nitrogen and oxygen atoms in total. The van der Waals surface area contributed by atoms with Crippen LogP contribution in [0.25, 0.3) is 10.8 Å². The van der Waals surface area contributed by atoms with Crippen LogP contribution in [-0.2, 0) is 0 Å². The molecule has 0 bridgehead atoms. The lowest BCUT2D eigenvalue weighted by atomic mass is 9.95. The quantitative estimate of drug-likeness (QED) is 0.596. The number of hydrogen-bond acceptors (Lipinski definition) is 1. The van der Waals surface area contributed by atoms with Gasteiger partial charge in [-0.3, -0.25) is 4.79 Å². The van der Waals surface area contributed by atoms with E-state index in [2.05, 4.69) is 0 Å². The second-order valence-electron chi connectivity index (χ2n) is 4.93. The van der Waals surface area contributed by atoms with Crippen LogP contribution in [-0.4, -0.2) is 5.78 Å². The first-order valence-electron chi connectivity index (χ1n) is 6.56. The van der Waals surface area contributed by atoms with E-state index in [4.69, 9.17) is 11.6 Å². The second kappa shape index (κ2) is 5.30. The summed E-state index contributed by atoms with van der Waals surface area (Å²) in [4.78, 5) is 12.6. The number of rotatable bonds is 2. The maximum atomic E-state index is 13.5. The van der Waals surface area contributed by atoms with Gasteiger partial charge in [-0.2, -0.15) is 0 Å². The molecule has 0 aliphatic rings. The van der Waals surface area contributed by atoms with Crippen molar-refractivity contribution in [2.75, 3.05) is 0 Å². The number of carbonyl (C=O) groups excluding carboxylic acids is 1. The molecule has 0 radical (unpaired) electrons. The summed E-state index contributed by atoms with van der Waals surface area (Å²) in [7, 11) is 0. The van der Waals surface area contributed by atoms with E-state index in [-0.39, 0.29) is 10.8 Å². The summed E-state index contributed by atoms with van der Waals surface area (Å²) in [5.41, 5.74) is 1.97. The summed E-state index contributed by atoms with van der Waals surface area (Å²) in [6.07, 6.45) is 0. The van der Waals surface area contributed by atoms with Crippen molar-refractivity contribution in [2.45, 2.75) is 6.92 Å². The average molecular weight is 299 g/mol. The maximum Gasteiger partial charge on any atom is 0.193 e.